The molecule has 2 amide bonds. The predicted octanol–water partition coefficient (Wildman–Crippen LogP) is 5.20. The number of carbonyl (C=O) groups is 3. The second-order valence-corrected chi connectivity index (χ2v) is 12.0. The van der Waals surface area contributed by atoms with Crippen LogP contribution in [-0.4, -0.2) is 70.1 Å². The lowest BCUT2D eigenvalue weighted by atomic mass is 9.56. The number of halogens is 2. The molecule has 0 unspecified atom stereocenters. The number of likely N-dealkylation sites (tertiary alicyclic amines) is 1. The summed E-state index contributed by atoms with van der Waals surface area (Å²) in [4.78, 5) is 46.2. The molecule has 1 saturated heterocycles. The van der Waals surface area contributed by atoms with Gasteiger partial charge in [-0.2, -0.15) is 0 Å². The van der Waals surface area contributed by atoms with Crippen LogP contribution in [0, 0.1) is 24.0 Å². The first-order valence-electron chi connectivity index (χ1n) is 14.9. The van der Waals surface area contributed by atoms with Gasteiger partial charge in [-0.15, -0.1) is 0 Å². The highest BCUT2D eigenvalue weighted by Crippen LogP contribution is 2.56. The zero-order valence-electron chi connectivity index (χ0n) is 25.3. The third-order valence-corrected chi connectivity index (χ3v) is 8.80. The lowest BCUT2D eigenvalue weighted by Gasteiger charge is -2.59. The van der Waals surface area contributed by atoms with E-state index >= 15 is 8.78 Å². The molecule has 2 aromatic heterocycles. The number of amides is 2. The van der Waals surface area contributed by atoms with Gasteiger partial charge in [0.25, 0.3) is 0 Å². The summed E-state index contributed by atoms with van der Waals surface area (Å²) < 4.78 is 35.1. The lowest BCUT2D eigenvalue weighted by molar-refractivity contribution is -0.107. The van der Waals surface area contributed by atoms with E-state index in [1.165, 1.54) is 36.3 Å². The number of aryl methyl sites for hydroxylation is 1. The Kier molecular flexibility index (Phi) is 8.34. The Hall–Kier alpha value is -5.04. The third kappa shape index (κ3) is 5.97. The molecule has 0 bridgehead atoms. The lowest BCUT2D eigenvalue weighted by Crippen LogP contribution is -2.61. The molecule has 1 aliphatic carbocycles. The van der Waals surface area contributed by atoms with Gasteiger partial charge >= 0.3 is 12.0 Å². The smallest absolute Gasteiger partial charge is 0.374 e. The van der Waals surface area contributed by atoms with Crippen LogP contribution in [0.25, 0.3) is 22.6 Å². The normalized spacial score (nSPS) is 15.7. The first-order chi connectivity index (χ1) is 22.1. The number of hydrogen-bond donors (Lipinski definition) is 2. The molecule has 2 fully saturated rings. The first kappa shape index (κ1) is 31.0. The molecular formula is C33H32F2N6O5. The fraction of sp³-hybridized carbons (Fsp3) is 0.333. The van der Waals surface area contributed by atoms with Crippen molar-refractivity contribution in [3.05, 3.63) is 82.9 Å². The monoisotopic (exact) mass is 630 g/mol. The van der Waals surface area contributed by atoms with Crippen molar-refractivity contribution in [1.29, 1.82) is 0 Å². The average molecular weight is 631 g/mol. The molecule has 4 aromatic rings. The van der Waals surface area contributed by atoms with Gasteiger partial charge in [-0.1, -0.05) is 23.4 Å². The van der Waals surface area contributed by atoms with Crippen LogP contribution in [0.3, 0.4) is 0 Å². The first-order valence-corrected chi connectivity index (χ1v) is 14.9. The van der Waals surface area contributed by atoms with Crippen LogP contribution in [0.1, 0.15) is 52.6 Å². The number of aldehydes is 1. The quantitative estimate of drug-likeness (QED) is 0.226. The number of aromatic carboxylic acids is 1. The molecule has 3 heterocycles. The Morgan fingerprint density at radius 3 is 2.54 bits per heavy atom. The summed E-state index contributed by atoms with van der Waals surface area (Å²) in [5, 5.41) is 15.2. The average Bonchev–Trinajstić information content (AvgIpc) is 3.50. The second-order valence-electron chi connectivity index (χ2n) is 12.0. The van der Waals surface area contributed by atoms with E-state index in [1.807, 2.05) is 12.1 Å². The molecule has 238 valence electrons. The summed E-state index contributed by atoms with van der Waals surface area (Å²) in [6.45, 7) is 4.18. The van der Waals surface area contributed by atoms with Crippen LogP contribution in [0.4, 0.5) is 19.3 Å². The fourth-order valence-corrected chi connectivity index (χ4v) is 6.61. The number of aromatic nitrogens is 3. The van der Waals surface area contributed by atoms with E-state index in [-0.39, 0.29) is 47.3 Å². The number of carboxylic acids is 1. The maximum absolute atomic E-state index is 15.3. The molecule has 1 spiro atoms. The van der Waals surface area contributed by atoms with Gasteiger partial charge in [-0.3, -0.25) is 9.80 Å². The van der Waals surface area contributed by atoms with E-state index in [0.29, 0.717) is 29.7 Å². The van der Waals surface area contributed by atoms with Gasteiger partial charge in [0.15, 0.2) is 11.5 Å². The highest BCUT2D eigenvalue weighted by molar-refractivity contribution is 5.92. The van der Waals surface area contributed by atoms with Gasteiger partial charge in [-0.05, 0) is 60.4 Å². The van der Waals surface area contributed by atoms with Gasteiger partial charge in [0.05, 0.1) is 5.69 Å². The number of nitrogens with one attached hydrogen (secondary N) is 1. The van der Waals surface area contributed by atoms with E-state index in [1.54, 1.807) is 19.1 Å². The van der Waals surface area contributed by atoms with Crippen LogP contribution >= 0.6 is 0 Å². The summed E-state index contributed by atoms with van der Waals surface area (Å²) in [5.74, 6) is -2.05. The molecule has 2 aromatic carbocycles. The minimum atomic E-state index is -1.25. The Labute approximate surface area is 263 Å². The summed E-state index contributed by atoms with van der Waals surface area (Å²) in [5.41, 5.74) is 3.63. The number of benzene rings is 2. The van der Waals surface area contributed by atoms with Crippen molar-refractivity contribution >= 4 is 24.0 Å². The minimum absolute atomic E-state index is 0.0957. The molecule has 2 N–H and O–H groups in total. The molecule has 1 aliphatic heterocycles. The Morgan fingerprint density at radius 1 is 1.13 bits per heavy atom. The van der Waals surface area contributed by atoms with E-state index in [0.717, 1.165) is 37.1 Å². The molecule has 0 radical (unpaired) electrons. The van der Waals surface area contributed by atoms with Gasteiger partial charge < -0.3 is 19.7 Å². The molecule has 11 nitrogen and oxygen atoms in total. The number of carbonyl (C=O) groups excluding carboxylic acids is 2. The molecule has 2 aliphatic rings. The SMILES string of the molecule is CNC(=O)N(CCC=O)c1ccc(C2CC3(C2)CN(Cc2ccc(-c4cnc(-c5cc(C(=O)O)on5)nc4C)c(F)c2)C3)cc1F. The standard InChI is InChI=1S/C33H32F2N6O5/c1-19-24(15-37-30(38-19)27-12-29(31(43)44)46-39-27)23-6-4-20(10-25(23)34)16-40-17-33(18-40)13-22(14-33)21-5-7-28(26(35)11-21)41(8-3-9-42)32(45)36-2/h4-7,9-12,15,22H,3,8,13-14,16-18H2,1-2H3,(H,36,45)(H,43,44). The van der Waals surface area contributed by atoms with Gasteiger partial charge in [0.1, 0.15) is 17.9 Å². The van der Waals surface area contributed by atoms with Crippen LogP contribution in [0.15, 0.2) is 53.2 Å². The maximum atomic E-state index is 15.3. The highest BCUT2D eigenvalue weighted by Gasteiger charge is 2.52. The van der Waals surface area contributed by atoms with Gasteiger partial charge in [0, 0.05) is 68.7 Å². The molecule has 46 heavy (non-hydrogen) atoms. The third-order valence-electron chi connectivity index (χ3n) is 8.80. The molecule has 1 saturated carbocycles. The number of urea groups is 1. The maximum Gasteiger partial charge on any atom is 0.374 e. The Morgan fingerprint density at radius 2 is 1.91 bits per heavy atom. The number of anilines is 1. The van der Waals surface area contributed by atoms with Crippen molar-refractivity contribution in [2.75, 3.05) is 31.6 Å². The van der Waals surface area contributed by atoms with Crippen LogP contribution in [-0.2, 0) is 11.3 Å². The van der Waals surface area contributed by atoms with E-state index in [9.17, 15) is 14.4 Å². The van der Waals surface area contributed by atoms with Crippen LogP contribution in [0.5, 0.6) is 0 Å². The summed E-state index contributed by atoms with van der Waals surface area (Å²) in [6.07, 6.45) is 4.16. The van der Waals surface area contributed by atoms with Crippen molar-refractivity contribution in [3.8, 4) is 22.6 Å². The topological polar surface area (TPSA) is 142 Å². The predicted molar refractivity (Wildman–Crippen MR) is 163 cm³/mol. The van der Waals surface area contributed by atoms with Crippen molar-refractivity contribution in [2.24, 2.45) is 5.41 Å². The van der Waals surface area contributed by atoms with E-state index in [4.69, 9.17) is 9.63 Å². The van der Waals surface area contributed by atoms with Crippen molar-refractivity contribution < 1.29 is 32.8 Å². The molecular weight excluding hydrogens is 598 g/mol. The second kappa shape index (κ2) is 12.4. The zero-order chi connectivity index (χ0) is 32.6. The minimum Gasteiger partial charge on any atom is -0.475 e. The summed E-state index contributed by atoms with van der Waals surface area (Å²) in [6, 6.07) is 10.8. The van der Waals surface area contributed by atoms with E-state index < -0.39 is 23.6 Å². The molecule has 6 rings (SSSR count). The molecule has 0 atom stereocenters. The van der Waals surface area contributed by atoms with Crippen molar-refractivity contribution in [2.45, 2.75) is 38.6 Å². The number of nitrogens with zero attached hydrogens (tertiary/aromatic N) is 5. The Balaban J connectivity index is 1.04. The number of rotatable bonds is 10. The zero-order valence-corrected chi connectivity index (χ0v) is 25.3. The van der Waals surface area contributed by atoms with Crippen molar-refractivity contribution in [3.63, 3.8) is 0 Å². The van der Waals surface area contributed by atoms with Crippen LogP contribution in [0.2, 0.25) is 0 Å². The largest absolute Gasteiger partial charge is 0.475 e. The summed E-state index contributed by atoms with van der Waals surface area (Å²) in [7, 11) is 1.46. The van der Waals surface area contributed by atoms with Crippen molar-refractivity contribution in [1.82, 2.24) is 25.3 Å². The van der Waals surface area contributed by atoms with Gasteiger partial charge in [-0.25, -0.2) is 28.3 Å². The molecule has 13 heteroatoms. The summed E-state index contributed by atoms with van der Waals surface area (Å²) >= 11 is 0. The van der Waals surface area contributed by atoms with E-state index in [2.05, 4.69) is 25.3 Å². The fourth-order valence-electron chi connectivity index (χ4n) is 6.61. The number of hydrogen-bond acceptors (Lipinski definition) is 8. The van der Waals surface area contributed by atoms with Gasteiger partial charge in [0.2, 0.25) is 5.76 Å². The number of carboxylic acid groups (broad SMARTS) is 1. The Bertz CT molecular complexity index is 1810. The van der Waals surface area contributed by atoms with Crippen LogP contribution < -0.4 is 10.2 Å². The highest BCUT2D eigenvalue weighted by atomic mass is 19.1.